The molecule has 1 aromatic carbocycles. The smallest absolute Gasteiger partial charge is 0.407 e. The topological polar surface area (TPSA) is 126 Å². The first-order valence-electron chi connectivity index (χ1n) is 14.7. The van der Waals surface area contributed by atoms with Crippen LogP contribution in [0.1, 0.15) is 69.4 Å². The Bertz CT molecular complexity index is 1690. The molecule has 1 amide bonds. The summed E-state index contributed by atoms with van der Waals surface area (Å²) in [7, 11) is -2.27. The van der Waals surface area contributed by atoms with Crippen molar-refractivity contribution in [2.75, 3.05) is 6.54 Å². The number of alkyl carbamates (subject to hydrolysis) is 1. The Kier molecular flexibility index (Phi) is 7.74. The lowest BCUT2D eigenvalue weighted by atomic mass is 9.85. The van der Waals surface area contributed by atoms with Crippen LogP contribution in [0.15, 0.2) is 41.2 Å². The molecule has 0 fully saturated rings. The molecule has 0 aliphatic carbocycles. The van der Waals surface area contributed by atoms with Crippen molar-refractivity contribution in [3.8, 4) is 11.4 Å². The molecule has 228 valence electrons. The summed E-state index contributed by atoms with van der Waals surface area (Å²) in [5.74, 6) is -1.31. The van der Waals surface area contributed by atoms with Crippen LogP contribution in [0.25, 0.3) is 22.3 Å². The van der Waals surface area contributed by atoms with Crippen LogP contribution < -0.4 is 10.9 Å². The summed E-state index contributed by atoms with van der Waals surface area (Å²) in [5.41, 5.74) is 0.335. The Morgan fingerprint density at radius 2 is 1.88 bits per heavy atom. The number of pyridine rings is 2. The molecule has 2 unspecified atom stereocenters. The highest BCUT2D eigenvalue weighted by Crippen LogP contribution is 2.46. The molecule has 11 heteroatoms. The van der Waals surface area contributed by atoms with Crippen molar-refractivity contribution < 1.29 is 28.6 Å². The van der Waals surface area contributed by atoms with E-state index in [2.05, 4.69) is 5.32 Å². The highest BCUT2D eigenvalue weighted by Gasteiger charge is 2.55. The fourth-order valence-corrected chi connectivity index (χ4v) is 7.35. The number of amides is 1. The maximum atomic E-state index is 14.3. The number of rotatable bonds is 7. The van der Waals surface area contributed by atoms with Crippen molar-refractivity contribution in [3.63, 3.8) is 0 Å². The van der Waals surface area contributed by atoms with E-state index in [-0.39, 0.29) is 31.4 Å². The molecule has 0 saturated heterocycles. The van der Waals surface area contributed by atoms with Gasteiger partial charge in [-0.2, -0.15) is 0 Å². The Labute approximate surface area is 251 Å². The van der Waals surface area contributed by atoms with Crippen molar-refractivity contribution in [2.24, 2.45) is 0 Å². The molecule has 0 bridgehead atoms. The van der Waals surface area contributed by atoms with E-state index in [4.69, 9.17) is 19.2 Å². The average molecular weight is 606 g/mol. The maximum absolute atomic E-state index is 14.3. The van der Waals surface area contributed by atoms with Crippen molar-refractivity contribution in [2.45, 2.75) is 90.1 Å². The van der Waals surface area contributed by atoms with Gasteiger partial charge < -0.3 is 24.1 Å². The molecule has 2 aliphatic heterocycles. The van der Waals surface area contributed by atoms with Crippen molar-refractivity contribution in [1.82, 2.24) is 14.9 Å². The number of fused-ring (bicyclic) bond motifs is 5. The zero-order valence-electron chi connectivity index (χ0n) is 25.8. The van der Waals surface area contributed by atoms with Gasteiger partial charge >= 0.3 is 18.0 Å². The molecule has 0 radical (unpaired) electrons. The number of carbonyl (C=O) groups excluding carboxylic acids is 3. The van der Waals surface area contributed by atoms with E-state index in [1.165, 1.54) is 0 Å². The normalized spacial score (nSPS) is 19.2. The van der Waals surface area contributed by atoms with Gasteiger partial charge in [-0.05, 0) is 51.8 Å². The van der Waals surface area contributed by atoms with Gasteiger partial charge in [-0.25, -0.2) is 14.6 Å². The molecular weight excluding hydrogens is 566 g/mol. The quantitative estimate of drug-likeness (QED) is 0.129. The summed E-state index contributed by atoms with van der Waals surface area (Å²) in [4.78, 5) is 58.1. The van der Waals surface area contributed by atoms with E-state index in [0.29, 0.717) is 29.1 Å². The fourth-order valence-electron chi connectivity index (χ4n) is 5.74. The molecule has 3 aromatic rings. The Morgan fingerprint density at radius 3 is 2.56 bits per heavy atom. The lowest BCUT2D eigenvalue weighted by Gasteiger charge is -2.42. The average Bonchev–Trinajstić information content (AvgIpc) is 3.27. The number of hydrogen-bond acceptors (Lipinski definition) is 8. The number of para-hydroxylation sites is 1. The van der Waals surface area contributed by atoms with Crippen LogP contribution in [0.3, 0.4) is 0 Å². The number of ether oxygens (including phenoxy) is 3. The van der Waals surface area contributed by atoms with Gasteiger partial charge in [0.25, 0.3) is 5.56 Å². The van der Waals surface area contributed by atoms with E-state index in [1.807, 2.05) is 50.0 Å². The van der Waals surface area contributed by atoms with Gasteiger partial charge in [0.15, 0.2) is 0 Å². The van der Waals surface area contributed by atoms with E-state index in [9.17, 15) is 19.2 Å². The monoisotopic (exact) mass is 605 g/mol. The summed E-state index contributed by atoms with van der Waals surface area (Å²) in [6.07, 6.45) is -0.281. The second kappa shape index (κ2) is 10.9. The van der Waals surface area contributed by atoms with Crippen LogP contribution in [-0.2, 0) is 35.9 Å². The lowest BCUT2D eigenvalue weighted by Crippen LogP contribution is -2.53. The van der Waals surface area contributed by atoms with Gasteiger partial charge in [0.1, 0.15) is 11.3 Å². The molecule has 2 aliphatic rings. The molecule has 2 atom stereocenters. The standard InChI is InChI=1S/C32H39N3O7Si/c1-8-32(41-24(36)14-11-15-33-30(39)42-31(2,3)4)21-17-23-26-20(16-19-12-9-10-13-22(19)34-26)18-35(23)27(37)25(21)28(40-29(32)38)43(5,6)7/h9-10,12-13,16-17,28H,8,11,14-15,18H2,1-7H3,(H,33,39). The number of esters is 2. The molecular formula is C32H39N3O7Si. The number of benzene rings is 1. The summed E-state index contributed by atoms with van der Waals surface area (Å²) in [6, 6.07) is 11.6. The summed E-state index contributed by atoms with van der Waals surface area (Å²) in [6.45, 7) is 13.7. The molecule has 0 saturated carbocycles. The molecule has 0 spiro atoms. The van der Waals surface area contributed by atoms with Crippen LogP contribution in [0, 0.1) is 0 Å². The van der Waals surface area contributed by atoms with Gasteiger partial charge in [0.05, 0.1) is 37.1 Å². The number of aromatic nitrogens is 2. The number of nitrogens with one attached hydrogen (secondary N) is 1. The number of hydrogen-bond donors (Lipinski definition) is 1. The maximum Gasteiger partial charge on any atom is 0.407 e. The lowest BCUT2D eigenvalue weighted by molar-refractivity contribution is -0.190. The van der Waals surface area contributed by atoms with Crippen LogP contribution in [0.5, 0.6) is 0 Å². The van der Waals surface area contributed by atoms with E-state index in [0.717, 1.165) is 16.5 Å². The van der Waals surface area contributed by atoms with Crippen LogP contribution in [-0.4, -0.2) is 47.8 Å². The second-order valence-corrected chi connectivity index (χ2v) is 18.5. The zero-order valence-corrected chi connectivity index (χ0v) is 26.8. The van der Waals surface area contributed by atoms with Crippen molar-refractivity contribution in [1.29, 1.82) is 0 Å². The summed E-state index contributed by atoms with van der Waals surface area (Å²) < 4.78 is 18.9. The van der Waals surface area contributed by atoms with Crippen LogP contribution in [0.2, 0.25) is 19.6 Å². The second-order valence-electron chi connectivity index (χ2n) is 13.3. The number of cyclic esters (lactones) is 1. The minimum Gasteiger partial charge on any atom is -0.458 e. The van der Waals surface area contributed by atoms with Gasteiger partial charge in [-0.1, -0.05) is 44.8 Å². The minimum absolute atomic E-state index is 0.0576. The largest absolute Gasteiger partial charge is 0.458 e. The molecule has 4 heterocycles. The first kappa shape index (κ1) is 30.5. The fraction of sp³-hybridized carbons (Fsp3) is 0.469. The van der Waals surface area contributed by atoms with Gasteiger partial charge in [0.2, 0.25) is 5.60 Å². The van der Waals surface area contributed by atoms with Crippen LogP contribution >= 0.6 is 0 Å². The summed E-state index contributed by atoms with van der Waals surface area (Å²) in [5, 5.41) is 3.59. The Morgan fingerprint density at radius 1 is 1.16 bits per heavy atom. The third kappa shape index (κ3) is 5.70. The molecule has 10 nitrogen and oxygen atoms in total. The third-order valence-electron chi connectivity index (χ3n) is 7.76. The highest BCUT2D eigenvalue weighted by molar-refractivity contribution is 6.77. The van der Waals surface area contributed by atoms with Gasteiger partial charge in [-0.15, -0.1) is 0 Å². The summed E-state index contributed by atoms with van der Waals surface area (Å²) >= 11 is 0. The zero-order chi connectivity index (χ0) is 31.3. The first-order chi connectivity index (χ1) is 20.1. The first-order valence-corrected chi connectivity index (χ1v) is 18.3. The predicted octanol–water partition coefficient (Wildman–Crippen LogP) is 5.35. The molecule has 1 N–H and O–H groups in total. The molecule has 2 aromatic heterocycles. The third-order valence-corrected chi connectivity index (χ3v) is 9.74. The number of carbonyl (C=O) groups is 3. The van der Waals surface area contributed by atoms with E-state index < -0.39 is 43.0 Å². The van der Waals surface area contributed by atoms with Gasteiger partial charge in [0, 0.05) is 29.5 Å². The molecule has 5 rings (SSSR count). The van der Waals surface area contributed by atoms with Crippen molar-refractivity contribution in [3.05, 3.63) is 63.4 Å². The SMILES string of the molecule is CCC1(OC(=O)CCCNC(=O)OC(C)(C)C)C(=O)OC([Si](C)(C)C)c2c1cc1n(c2=O)Cc2cc3ccccc3nc2-1. The number of nitrogens with zero attached hydrogens (tertiary/aromatic N) is 2. The minimum atomic E-state index is -2.27. The van der Waals surface area contributed by atoms with Gasteiger partial charge in [-0.3, -0.25) is 9.59 Å². The Balaban J connectivity index is 1.51. The van der Waals surface area contributed by atoms with E-state index >= 15 is 0 Å². The van der Waals surface area contributed by atoms with Crippen LogP contribution in [0.4, 0.5) is 4.79 Å². The van der Waals surface area contributed by atoms with E-state index in [1.54, 1.807) is 38.3 Å². The predicted molar refractivity (Wildman–Crippen MR) is 164 cm³/mol. The highest BCUT2D eigenvalue weighted by atomic mass is 28.3. The molecule has 43 heavy (non-hydrogen) atoms. The Hall–Kier alpha value is -3.99. The van der Waals surface area contributed by atoms with Crippen molar-refractivity contribution >= 4 is 37.0 Å².